The Bertz CT molecular complexity index is 1310. The van der Waals surface area contributed by atoms with Crippen molar-refractivity contribution in [3.05, 3.63) is 72.4 Å². The maximum atomic E-state index is 4.96. The lowest BCUT2D eigenvalue weighted by Crippen LogP contribution is -2.52. The van der Waals surface area contributed by atoms with Crippen LogP contribution in [0.15, 0.2) is 66.9 Å². The minimum absolute atomic E-state index is 1.18. The molecule has 4 aromatic rings. The maximum Gasteiger partial charge on any atom is 0.116 e. The van der Waals surface area contributed by atoms with Crippen molar-refractivity contribution in [2.75, 3.05) is 0 Å². The standard InChI is InChI=1S/C27H29NSi2/c1-18-15-20(16-19-9-7-8-10-22(18)19)26-27-24(13-14-28-26)23-12-11-21(29(2,3)4)17-25(23)30(27,5)6/h7-17H,1-6H3. The van der Waals surface area contributed by atoms with Gasteiger partial charge in [0.05, 0.1) is 13.8 Å². The predicted molar refractivity (Wildman–Crippen MR) is 137 cm³/mol. The molecular weight excluding hydrogens is 394 g/mol. The molecule has 0 spiro atoms. The Labute approximate surface area is 181 Å². The Morgan fingerprint density at radius 3 is 2.37 bits per heavy atom. The van der Waals surface area contributed by atoms with Crippen LogP contribution in [0.4, 0.5) is 0 Å². The predicted octanol–water partition coefficient (Wildman–Crippen LogP) is 5.56. The molecule has 0 unspecified atom stereocenters. The fourth-order valence-corrected chi connectivity index (χ4v) is 9.75. The second-order valence-electron chi connectivity index (χ2n) is 10.2. The van der Waals surface area contributed by atoms with Gasteiger partial charge >= 0.3 is 0 Å². The molecule has 1 aliphatic heterocycles. The van der Waals surface area contributed by atoms with Gasteiger partial charge in [-0.05, 0) is 63.0 Å². The van der Waals surface area contributed by atoms with Crippen molar-refractivity contribution < 1.29 is 0 Å². The van der Waals surface area contributed by atoms with E-state index in [0.29, 0.717) is 0 Å². The van der Waals surface area contributed by atoms with Crippen molar-refractivity contribution >= 4 is 42.5 Å². The monoisotopic (exact) mass is 423 g/mol. The highest BCUT2D eigenvalue weighted by atomic mass is 28.3. The van der Waals surface area contributed by atoms with Gasteiger partial charge in [0.2, 0.25) is 0 Å². The van der Waals surface area contributed by atoms with Crippen molar-refractivity contribution in [3.8, 4) is 22.4 Å². The molecule has 1 aromatic heterocycles. The number of hydrogen-bond donors (Lipinski definition) is 0. The number of aromatic nitrogens is 1. The zero-order valence-electron chi connectivity index (χ0n) is 18.8. The number of nitrogens with zero attached hydrogens (tertiary/aromatic N) is 1. The molecule has 0 saturated heterocycles. The van der Waals surface area contributed by atoms with Gasteiger partial charge in [0, 0.05) is 11.8 Å². The third kappa shape index (κ3) is 2.83. The molecule has 5 rings (SSSR count). The van der Waals surface area contributed by atoms with Gasteiger partial charge in [-0.3, -0.25) is 4.98 Å². The van der Waals surface area contributed by atoms with Crippen LogP contribution in [0.2, 0.25) is 32.7 Å². The lowest BCUT2D eigenvalue weighted by atomic mass is 9.98. The Morgan fingerprint density at radius 2 is 1.60 bits per heavy atom. The second kappa shape index (κ2) is 6.50. The minimum atomic E-state index is -1.84. The zero-order valence-corrected chi connectivity index (χ0v) is 20.8. The summed E-state index contributed by atoms with van der Waals surface area (Å²) in [6.45, 7) is 14.5. The first-order chi connectivity index (χ1) is 14.2. The molecule has 1 aliphatic rings. The van der Waals surface area contributed by atoms with E-state index >= 15 is 0 Å². The Morgan fingerprint density at radius 1 is 0.833 bits per heavy atom. The molecule has 0 aliphatic carbocycles. The third-order valence-electron chi connectivity index (χ3n) is 6.77. The van der Waals surface area contributed by atoms with Crippen molar-refractivity contribution in [3.63, 3.8) is 0 Å². The summed E-state index contributed by atoms with van der Waals surface area (Å²) in [5.41, 5.74) is 6.59. The smallest absolute Gasteiger partial charge is 0.116 e. The fraction of sp³-hybridized carbons (Fsp3) is 0.222. The zero-order chi connectivity index (χ0) is 21.3. The van der Waals surface area contributed by atoms with Gasteiger partial charge in [-0.15, -0.1) is 0 Å². The van der Waals surface area contributed by atoms with E-state index in [1.54, 1.807) is 10.4 Å². The normalized spacial score (nSPS) is 14.6. The SMILES string of the molecule is Cc1cc(-c2nccc3c2[Si](C)(C)c2cc([Si](C)(C)C)ccc2-3)cc2ccccc12. The van der Waals surface area contributed by atoms with Crippen LogP contribution in [0.1, 0.15) is 5.56 Å². The highest BCUT2D eigenvalue weighted by Gasteiger charge is 2.40. The first-order valence-corrected chi connectivity index (χ1v) is 17.3. The van der Waals surface area contributed by atoms with E-state index in [0.717, 1.165) is 0 Å². The number of aryl methyl sites for hydroxylation is 1. The number of pyridine rings is 1. The summed E-state index contributed by atoms with van der Waals surface area (Å²) in [4.78, 5) is 4.96. The van der Waals surface area contributed by atoms with Crippen LogP contribution >= 0.6 is 0 Å². The average Bonchev–Trinajstić information content (AvgIpc) is 2.94. The minimum Gasteiger partial charge on any atom is -0.256 e. The fourth-order valence-electron chi connectivity index (χ4n) is 5.07. The average molecular weight is 424 g/mol. The van der Waals surface area contributed by atoms with Crippen LogP contribution in [-0.4, -0.2) is 21.1 Å². The van der Waals surface area contributed by atoms with E-state index in [-0.39, 0.29) is 0 Å². The first-order valence-electron chi connectivity index (χ1n) is 10.8. The summed E-state index contributed by atoms with van der Waals surface area (Å²) in [6, 6.07) is 22.9. The molecule has 2 heterocycles. The Balaban J connectivity index is 1.76. The van der Waals surface area contributed by atoms with Crippen LogP contribution in [0.25, 0.3) is 33.2 Å². The van der Waals surface area contributed by atoms with Crippen LogP contribution in [0, 0.1) is 6.92 Å². The molecule has 3 aromatic carbocycles. The summed E-state index contributed by atoms with van der Waals surface area (Å²) in [5, 5.41) is 7.27. The molecule has 0 radical (unpaired) electrons. The molecule has 0 bridgehead atoms. The molecule has 0 atom stereocenters. The Kier molecular flexibility index (Phi) is 4.22. The van der Waals surface area contributed by atoms with Crippen LogP contribution in [-0.2, 0) is 0 Å². The van der Waals surface area contributed by atoms with E-state index in [4.69, 9.17) is 4.98 Å². The van der Waals surface area contributed by atoms with Crippen molar-refractivity contribution in [2.45, 2.75) is 39.7 Å². The van der Waals surface area contributed by atoms with Crippen molar-refractivity contribution in [2.24, 2.45) is 0 Å². The van der Waals surface area contributed by atoms with Crippen LogP contribution < -0.4 is 15.6 Å². The van der Waals surface area contributed by atoms with Gasteiger partial charge in [0.25, 0.3) is 0 Å². The lowest BCUT2D eigenvalue weighted by molar-refractivity contribution is 1.34. The first kappa shape index (κ1) is 19.5. The number of hydrogen-bond acceptors (Lipinski definition) is 1. The number of rotatable bonds is 2. The van der Waals surface area contributed by atoms with Gasteiger partial charge in [-0.25, -0.2) is 0 Å². The number of benzene rings is 3. The largest absolute Gasteiger partial charge is 0.256 e. The molecule has 0 amide bonds. The van der Waals surface area contributed by atoms with E-state index < -0.39 is 16.1 Å². The topological polar surface area (TPSA) is 12.9 Å². The molecule has 3 heteroatoms. The molecule has 0 saturated carbocycles. The van der Waals surface area contributed by atoms with E-state index in [1.807, 2.05) is 6.20 Å². The van der Waals surface area contributed by atoms with Gasteiger partial charge in [-0.1, -0.05) is 80.4 Å². The summed E-state index contributed by atoms with van der Waals surface area (Å²) in [5.74, 6) is 0. The lowest BCUT2D eigenvalue weighted by Gasteiger charge is -2.24. The highest BCUT2D eigenvalue weighted by molar-refractivity contribution is 7.05. The number of fused-ring (bicyclic) bond motifs is 4. The van der Waals surface area contributed by atoms with Gasteiger partial charge in [0.15, 0.2) is 0 Å². The molecule has 30 heavy (non-hydrogen) atoms. The van der Waals surface area contributed by atoms with E-state index in [1.165, 1.54) is 43.9 Å². The van der Waals surface area contributed by atoms with E-state index in [9.17, 15) is 0 Å². The molecule has 1 nitrogen and oxygen atoms in total. The van der Waals surface area contributed by atoms with Crippen molar-refractivity contribution in [1.82, 2.24) is 4.98 Å². The molecule has 0 fully saturated rings. The highest BCUT2D eigenvalue weighted by Crippen LogP contribution is 2.33. The van der Waals surface area contributed by atoms with E-state index in [2.05, 4.69) is 100 Å². The second-order valence-corrected chi connectivity index (χ2v) is 19.6. The summed E-state index contributed by atoms with van der Waals surface area (Å²) >= 11 is 0. The summed E-state index contributed by atoms with van der Waals surface area (Å²) in [7, 11) is -3.20. The van der Waals surface area contributed by atoms with Crippen molar-refractivity contribution in [1.29, 1.82) is 0 Å². The van der Waals surface area contributed by atoms with Gasteiger partial charge in [-0.2, -0.15) is 0 Å². The van der Waals surface area contributed by atoms with Gasteiger partial charge < -0.3 is 0 Å². The van der Waals surface area contributed by atoms with Crippen LogP contribution in [0.3, 0.4) is 0 Å². The molecular formula is C27H29NSi2. The third-order valence-corrected chi connectivity index (χ3v) is 12.3. The quantitative estimate of drug-likeness (QED) is 0.385. The molecule has 0 N–H and O–H groups in total. The summed E-state index contributed by atoms with van der Waals surface area (Å²) < 4.78 is 0. The summed E-state index contributed by atoms with van der Waals surface area (Å²) in [6.07, 6.45) is 2.00. The van der Waals surface area contributed by atoms with Crippen LogP contribution in [0.5, 0.6) is 0 Å². The molecule has 150 valence electrons. The van der Waals surface area contributed by atoms with Gasteiger partial charge in [0.1, 0.15) is 8.07 Å². The Hall–Kier alpha value is -2.50. The maximum absolute atomic E-state index is 4.96.